The summed E-state index contributed by atoms with van der Waals surface area (Å²) in [7, 11) is 0. The van der Waals surface area contributed by atoms with Crippen molar-refractivity contribution in [1.29, 1.82) is 0 Å². The molecule has 0 aliphatic carbocycles. The number of amides is 1. The Morgan fingerprint density at radius 1 is 1.21 bits per heavy atom. The first kappa shape index (κ1) is 12.9. The van der Waals surface area contributed by atoms with Gasteiger partial charge in [0.15, 0.2) is 0 Å². The Morgan fingerprint density at radius 2 is 2.00 bits per heavy atom. The van der Waals surface area contributed by atoms with E-state index >= 15 is 0 Å². The Bertz CT molecular complexity index is 581. The topological polar surface area (TPSA) is 20.3 Å². The molecule has 1 unspecified atom stereocenters. The van der Waals surface area contributed by atoms with Gasteiger partial charge >= 0.3 is 0 Å². The molecule has 2 aromatic rings. The van der Waals surface area contributed by atoms with Crippen molar-refractivity contribution < 1.29 is 4.79 Å². The zero-order valence-electron chi connectivity index (χ0n) is 10.4. The highest BCUT2D eigenvalue weighted by Crippen LogP contribution is 2.34. The number of carbonyl (C=O) groups excluding carboxylic acids is 1. The third-order valence-corrected chi connectivity index (χ3v) is 5.09. The molecule has 19 heavy (non-hydrogen) atoms. The third-order valence-electron chi connectivity index (χ3n) is 3.48. The van der Waals surface area contributed by atoms with Crippen molar-refractivity contribution in [3.05, 3.63) is 56.7 Å². The zero-order chi connectivity index (χ0) is 13.2. The maximum atomic E-state index is 12.6. The van der Waals surface area contributed by atoms with E-state index in [4.69, 9.17) is 0 Å². The molecule has 2 heterocycles. The number of carbonyl (C=O) groups is 1. The summed E-state index contributed by atoms with van der Waals surface area (Å²) in [4.78, 5) is 15.4. The monoisotopic (exact) mass is 335 g/mol. The largest absolute Gasteiger partial charge is 0.331 e. The van der Waals surface area contributed by atoms with Gasteiger partial charge in [0.2, 0.25) is 0 Å². The molecule has 0 spiro atoms. The Labute approximate surface area is 125 Å². The van der Waals surface area contributed by atoms with Gasteiger partial charge in [-0.05, 0) is 46.5 Å². The molecule has 1 atom stereocenters. The molecule has 0 bridgehead atoms. The Morgan fingerprint density at radius 3 is 2.68 bits per heavy atom. The first-order chi connectivity index (χ1) is 9.25. The molecule has 0 radical (unpaired) electrons. The van der Waals surface area contributed by atoms with Crippen LogP contribution in [0.5, 0.6) is 0 Å². The van der Waals surface area contributed by atoms with Crippen LogP contribution in [0.25, 0.3) is 0 Å². The average Bonchev–Trinajstić information content (AvgIpc) is 3.07. The van der Waals surface area contributed by atoms with Crippen molar-refractivity contribution in [3.63, 3.8) is 0 Å². The number of halogens is 1. The van der Waals surface area contributed by atoms with E-state index in [1.807, 2.05) is 35.2 Å². The van der Waals surface area contributed by atoms with Gasteiger partial charge < -0.3 is 4.90 Å². The highest BCUT2D eigenvalue weighted by Gasteiger charge is 2.30. The Balaban J connectivity index is 1.86. The summed E-state index contributed by atoms with van der Waals surface area (Å²) in [6.45, 7) is 0.855. The summed E-state index contributed by atoms with van der Waals surface area (Å²) in [5, 5.41) is 0. The predicted molar refractivity (Wildman–Crippen MR) is 81.5 cm³/mol. The SMILES string of the molecule is O=C(c1ccc(Br)s1)N1CCCC1c1ccccc1. The zero-order valence-corrected chi connectivity index (χ0v) is 12.8. The van der Waals surface area contributed by atoms with Crippen molar-refractivity contribution in [1.82, 2.24) is 4.90 Å². The molecule has 2 nitrogen and oxygen atoms in total. The summed E-state index contributed by atoms with van der Waals surface area (Å²) < 4.78 is 1.01. The molecule has 1 aliphatic heterocycles. The van der Waals surface area contributed by atoms with E-state index in [0.717, 1.165) is 28.0 Å². The second kappa shape index (κ2) is 5.47. The van der Waals surface area contributed by atoms with Crippen molar-refractivity contribution in [2.24, 2.45) is 0 Å². The summed E-state index contributed by atoms with van der Waals surface area (Å²) >= 11 is 4.92. The van der Waals surface area contributed by atoms with Crippen LogP contribution >= 0.6 is 27.3 Å². The lowest BCUT2D eigenvalue weighted by molar-refractivity contribution is 0.0740. The van der Waals surface area contributed by atoms with Crippen LogP contribution in [-0.2, 0) is 0 Å². The maximum Gasteiger partial charge on any atom is 0.264 e. The van der Waals surface area contributed by atoms with Crippen LogP contribution in [0.3, 0.4) is 0 Å². The number of thiophene rings is 1. The lowest BCUT2D eigenvalue weighted by Crippen LogP contribution is -2.29. The van der Waals surface area contributed by atoms with Gasteiger partial charge in [-0.15, -0.1) is 11.3 Å². The fourth-order valence-corrected chi connectivity index (χ4v) is 3.94. The van der Waals surface area contributed by atoms with E-state index < -0.39 is 0 Å². The quantitative estimate of drug-likeness (QED) is 0.791. The number of likely N-dealkylation sites (tertiary alicyclic amines) is 1. The van der Waals surface area contributed by atoms with Crippen molar-refractivity contribution in [2.75, 3.05) is 6.54 Å². The summed E-state index contributed by atoms with van der Waals surface area (Å²) in [6, 6.07) is 14.4. The van der Waals surface area contributed by atoms with E-state index in [1.165, 1.54) is 16.9 Å². The number of hydrogen-bond acceptors (Lipinski definition) is 2. The summed E-state index contributed by atoms with van der Waals surface area (Å²) in [6.07, 6.45) is 2.14. The van der Waals surface area contributed by atoms with E-state index in [9.17, 15) is 4.79 Å². The highest BCUT2D eigenvalue weighted by atomic mass is 79.9. The van der Waals surface area contributed by atoms with Crippen molar-refractivity contribution in [3.8, 4) is 0 Å². The van der Waals surface area contributed by atoms with Gasteiger partial charge in [0.25, 0.3) is 5.91 Å². The van der Waals surface area contributed by atoms with Crippen molar-refractivity contribution >= 4 is 33.2 Å². The molecule has 0 saturated carbocycles. The fraction of sp³-hybridized carbons (Fsp3) is 0.267. The lowest BCUT2D eigenvalue weighted by atomic mass is 10.0. The van der Waals surface area contributed by atoms with Gasteiger partial charge in [-0.1, -0.05) is 30.3 Å². The minimum Gasteiger partial charge on any atom is -0.331 e. The van der Waals surface area contributed by atoms with Crippen LogP contribution in [0.2, 0.25) is 0 Å². The number of benzene rings is 1. The van der Waals surface area contributed by atoms with Crippen LogP contribution in [0, 0.1) is 0 Å². The fourth-order valence-electron chi connectivity index (χ4n) is 2.60. The van der Waals surface area contributed by atoms with E-state index in [0.29, 0.717) is 0 Å². The molecule has 1 saturated heterocycles. The van der Waals surface area contributed by atoms with Crippen LogP contribution < -0.4 is 0 Å². The van der Waals surface area contributed by atoms with Gasteiger partial charge in [-0.25, -0.2) is 0 Å². The molecule has 1 aromatic carbocycles. The minimum atomic E-state index is 0.155. The van der Waals surface area contributed by atoms with Crippen LogP contribution in [0.15, 0.2) is 46.3 Å². The van der Waals surface area contributed by atoms with Crippen LogP contribution in [-0.4, -0.2) is 17.4 Å². The number of hydrogen-bond donors (Lipinski definition) is 0. The standard InChI is InChI=1S/C15H14BrNOS/c16-14-9-8-13(19-14)15(18)17-10-4-7-12(17)11-5-2-1-3-6-11/h1-3,5-6,8-9,12H,4,7,10H2. The smallest absolute Gasteiger partial charge is 0.264 e. The first-order valence-electron chi connectivity index (χ1n) is 6.37. The summed E-state index contributed by atoms with van der Waals surface area (Å²) in [5.74, 6) is 0.155. The van der Waals surface area contributed by atoms with E-state index in [1.54, 1.807) is 0 Å². The van der Waals surface area contributed by atoms with Crippen LogP contribution in [0.4, 0.5) is 0 Å². The van der Waals surface area contributed by atoms with Gasteiger partial charge in [0, 0.05) is 6.54 Å². The molecule has 98 valence electrons. The second-order valence-corrected chi connectivity index (χ2v) is 7.13. The van der Waals surface area contributed by atoms with E-state index in [-0.39, 0.29) is 11.9 Å². The van der Waals surface area contributed by atoms with Gasteiger partial charge in [0.1, 0.15) is 0 Å². The van der Waals surface area contributed by atoms with E-state index in [2.05, 4.69) is 28.1 Å². The molecular weight excluding hydrogens is 322 g/mol. The van der Waals surface area contributed by atoms with Gasteiger partial charge in [0.05, 0.1) is 14.7 Å². The molecule has 1 fully saturated rings. The maximum absolute atomic E-state index is 12.6. The highest BCUT2D eigenvalue weighted by molar-refractivity contribution is 9.11. The van der Waals surface area contributed by atoms with Gasteiger partial charge in [-0.2, -0.15) is 0 Å². The average molecular weight is 336 g/mol. The molecule has 0 N–H and O–H groups in total. The van der Waals surface area contributed by atoms with Gasteiger partial charge in [-0.3, -0.25) is 4.79 Å². The molecule has 1 aliphatic rings. The molecule has 3 rings (SSSR count). The lowest BCUT2D eigenvalue weighted by Gasteiger charge is -2.24. The third kappa shape index (κ3) is 2.60. The van der Waals surface area contributed by atoms with Crippen molar-refractivity contribution in [2.45, 2.75) is 18.9 Å². The molecule has 1 aromatic heterocycles. The normalized spacial score (nSPS) is 18.8. The Hall–Kier alpha value is -1.13. The first-order valence-corrected chi connectivity index (χ1v) is 7.98. The number of rotatable bonds is 2. The molecule has 1 amide bonds. The van der Waals surface area contributed by atoms with Crippen LogP contribution in [0.1, 0.15) is 34.1 Å². The molecular formula is C15H14BrNOS. The Kier molecular flexibility index (Phi) is 3.71. The number of nitrogens with zero attached hydrogens (tertiary/aromatic N) is 1. The molecule has 4 heteroatoms. The predicted octanol–water partition coefficient (Wildman–Crippen LogP) is 4.49. The summed E-state index contributed by atoms with van der Waals surface area (Å²) in [5.41, 5.74) is 1.24. The minimum absolute atomic E-state index is 0.155. The second-order valence-electron chi connectivity index (χ2n) is 4.67.